The van der Waals surface area contributed by atoms with Gasteiger partial charge in [0, 0.05) is 0 Å². The third-order valence-corrected chi connectivity index (χ3v) is 3.90. The zero-order chi connectivity index (χ0) is 14.8. The van der Waals surface area contributed by atoms with Gasteiger partial charge in [-0.2, -0.15) is 0 Å². The molecule has 2 N–H and O–H groups in total. The number of allylic oxidation sites excluding steroid dienone is 2. The van der Waals surface area contributed by atoms with Gasteiger partial charge in [0.05, 0.1) is 13.2 Å². The molecule has 2 atom stereocenters. The highest BCUT2D eigenvalue weighted by atomic mass is 16.5. The van der Waals surface area contributed by atoms with E-state index < -0.39 is 6.10 Å². The highest BCUT2D eigenvalue weighted by Gasteiger charge is 2.16. The first-order chi connectivity index (χ1) is 9.67. The van der Waals surface area contributed by atoms with Crippen LogP contribution in [-0.4, -0.2) is 29.5 Å². The fourth-order valence-electron chi connectivity index (χ4n) is 2.55. The average Bonchev–Trinajstić information content (AvgIpc) is 2.46. The van der Waals surface area contributed by atoms with Gasteiger partial charge in [0.2, 0.25) is 0 Å². The SMILES string of the molecule is CCCCCCCC(O)CCC1=CCC(O)C(OC)=C1. The first-order valence-electron chi connectivity index (χ1n) is 7.98. The molecule has 0 spiro atoms. The van der Waals surface area contributed by atoms with Gasteiger partial charge in [-0.15, -0.1) is 0 Å². The molecule has 0 bridgehead atoms. The Balaban J connectivity index is 2.18. The molecule has 1 aliphatic carbocycles. The Labute approximate surface area is 123 Å². The Morgan fingerprint density at radius 3 is 2.70 bits per heavy atom. The second-order valence-electron chi connectivity index (χ2n) is 5.68. The van der Waals surface area contributed by atoms with Crippen molar-refractivity contribution in [2.75, 3.05) is 7.11 Å². The minimum absolute atomic E-state index is 0.205. The molecule has 0 saturated heterocycles. The molecule has 0 radical (unpaired) electrons. The quantitative estimate of drug-likeness (QED) is 0.601. The third-order valence-electron chi connectivity index (χ3n) is 3.90. The lowest BCUT2D eigenvalue weighted by molar-refractivity contribution is 0.127. The summed E-state index contributed by atoms with van der Waals surface area (Å²) in [6, 6.07) is 0. The number of methoxy groups -OCH3 is 1. The lowest BCUT2D eigenvalue weighted by Crippen LogP contribution is -2.15. The zero-order valence-electron chi connectivity index (χ0n) is 13.0. The van der Waals surface area contributed by atoms with E-state index in [1.807, 2.05) is 12.2 Å². The molecule has 0 saturated carbocycles. The highest BCUT2D eigenvalue weighted by molar-refractivity contribution is 5.27. The summed E-state index contributed by atoms with van der Waals surface area (Å²) >= 11 is 0. The molecule has 0 aromatic rings. The van der Waals surface area contributed by atoms with Gasteiger partial charge in [-0.25, -0.2) is 0 Å². The molecule has 0 heterocycles. The van der Waals surface area contributed by atoms with E-state index in [0.29, 0.717) is 12.2 Å². The number of ether oxygens (including phenoxy) is 1. The number of unbranched alkanes of at least 4 members (excludes halogenated alkanes) is 4. The van der Waals surface area contributed by atoms with Crippen LogP contribution in [-0.2, 0) is 4.74 Å². The van der Waals surface area contributed by atoms with Gasteiger partial charge in [0.15, 0.2) is 0 Å². The summed E-state index contributed by atoms with van der Waals surface area (Å²) in [4.78, 5) is 0. The summed E-state index contributed by atoms with van der Waals surface area (Å²) in [7, 11) is 1.59. The predicted molar refractivity (Wildman–Crippen MR) is 82.4 cm³/mol. The first kappa shape index (κ1) is 17.3. The smallest absolute Gasteiger partial charge is 0.125 e. The van der Waals surface area contributed by atoms with Crippen molar-refractivity contribution in [1.29, 1.82) is 0 Å². The Morgan fingerprint density at radius 2 is 2.00 bits per heavy atom. The molecule has 0 aromatic carbocycles. The topological polar surface area (TPSA) is 49.7 Å². The molecule has 116 valence electrons. The average molecular weight is 282 g/mol. The summed E-state index contributed by atoms with van der Waals surface area (Å²) in [6.45, 7) is 2.21. The van der Waals surface area contributed by atoms with Crippen LogP contribution in [0.2, 0.25) is 0 Å². The van der Waals surface area contributed by atoms with Crippen LogP contribution in [0.15, 0.2) is 23.5 Å². The lowest BCUT2D eigenvalue weighted by Gasteiger charge is -2.19. The number of aliphatic hydroxyl groups excluding tert-OH is 2. The number of hydrogen-bond acceptors (Lipinski definition) is 3. The van der Waals surface area contributed by atoms with Crippen LogP contribution < -0.4 is 0 Å². The highest BCUT2D eigenvalue weighted by Crippen LogP contribution is 2.23. The molecule has 0 aromatic heterocycles. The van der Waals surface area contributed by atoms with Crippen molar-refractivity contribution < 1.29 is 14.9 Å². The number of rotatable bonds is 10. The molecule has 3 heteroatoms. The van der Waals surface area contributed by atoms with Crippen molar-refractivity contribution in [3.63, 3.8) is 0 Å². The maximum Gasteiger partial charge on any atom is 0.125 e. The Kier molecular flexibility index (Phi) is 8.63. The van der Waals surface area contributed by atoms with E-state index in [2.05, 4.69) is 6.92 Å². The van der Waals surface area contributed by atoms with E-state index in [4.69, 9.17) is 4.74 Å². The first-order valence-corrected chi connectivity index (χ1v) is 7.98. The maximum absolute atomic E-state index is 9.98. The van der Waals surface area contributed by atoms with Gasteiger partial charge < -0.3 is 14.9 Å². The molecule has 2 unspecified atom stereocenters. The minimum Gasteiger partial charge on any atom is -0.498 e. The summed E-state index contributed by atoms with van der Waals surface area (Å²) in [5.41, 5.74) is 1.16. The fraction of sp³-hybridized carbons (Fsp3) is 0.765. The van der Waals surface area contributed by atoms with Crippen LogP contribution in [0.4, 0.5) is 0 Å². The second kappa shape index (κ2) is 10.0. The minimum atomic E-state index is -0.507. The van der Waals surface area contributed by atoms with Crippen molar-refractivity contribution in [1.82, 2.24) is 0 Å². The van der Waals surface area contributed by atoms with Gasteiger partial charge in [-0.3, -0.25) is 0 Å². The van der Waals surface area contributed by atoms with Gasteiger partial charge in [-0.1, -0.05) is 45.1 Å². The number of aliphatic hydroxyl groups is 2. The normalized spacial score (nSPS) is 20.3. The van der Waals surface area contributed by atoms with Crippen LogP contribution in [0.5, 0.6) is 0 Å². The molecule has 0 fully saturated rings. The van der Waals surface area contributed by atoms with Crippen LogP contribution in [0, 0.1) is 0 Å². The number of hydrogen-bond donors (Lipinski definition) is 2. The van der Waals surface area contributed by atoms with Crippen molar-refractivity contribution in [3.8, 4) is 0 Å². The van der Waals surface area contributed by atoms with Gasteiger partial charge in [-0.05, 0) is 37.3 Å². The van der Waals surface area contributed by atoms with Crippen LogP contribution in [0.3, 0.4) is 0 Å². The van der Waals surface area contributed by atoms with Crippen molar-refractivity contribution >= 4 is 0 Å². The zero-order valence-corrected chi connectivity index (χ0v) is 13.0. The molecular formula is C17H30O3. The Hall–Kier alpha value is -0.800. The molecule has 1 aliphatic rings. The summed E-state index contributed by atoms with van der Waals surface area (Å²) in [5.74, 6) is 0.636. The summed E-state index contributed by atoms with van der Waals surface area (Å²) in [6.07, 6.45) is 12.6. The molecule has 1 rings (SSSR count). The maximum atomic E-state index is 9.98. The molecule has 20 heavy (non-hydrogen) atoms. The summed E-state index contributed by atoms with van der Waals surface area (Å²) in [5, 5.41) is 19.6. The van der Waals surface area contributed by atoms with Crippen molar-refractivity contribution in [2.45, 2.75) is 76.9 Å². The van der Waals surface area contributed by atoms with E-state index in [0.717, 1.165) is 31.3 Å². The van der Waals surface area contributed by atoms with Gasteiger partial charge in [0.1, 0.15) is 11.9 Å². The molecule has 0 amide bonds. The Bertz CT molecular complexity index is 320. The van der Waals surface area contributed by atoms with Crippen LogP contribution in [0.25, 0.3) is 0 Å². The van der Waals surface area contributed by atoms with E-state index >= 15 is 0 Å². The van der Waals surface area contributed by atoms with E-state index in [9.17, 15) is 10.2 Å². The predicted octanol–water partition coefficient (Wildman–Crippen LogP) is 3.71. The van der Waals surface area contributed by atoms with E-state index in [-0.39, 0.29) is 6.10 Å². The largest absolute Gasteiger partial charge is 0.498 e. The van der Waals surface area contributed by atoms with Crippen LogP contribution >= 0.6 is 0 Å². The second-order valence-corrected chi connectivity index (χ2v) is 5.68. The van der Waals surface area contributed by atoms with Gasteiger partial charge >= 0.3 is 0 Å². The van der Waals surface area contributed by atoms with E-state index in [1.165, 1.54) is 25.7 Å². The van der Waals surface area contributed by atoms with Gasteiger partial charge in [0.25, 0.3) is 0 Å². The molecule has 0 aliphatic heterocycles. The van der Waals surface area contributed by atoms with Crippen molar-refractivity contribution in [2.24, 2.45) is 0 Å². The van der Waals surface area contributed by atoms with Crippen LogP contribution in [0.1, 0.15) is 64.7 Å². The standard InChI is InChI=1S/C17H30O3/c1-3-4-5-6-7-8-15(18)11-9-14-10-12-16(19)17(13-14)20-2/h10,13,15-16,18-19H,3-9,11-12H2,1-2H3. The lowest BCUT2D eigenvalue weighted by atomic mass is 9.97. The summed E-state index contributed by atoms with van der Waals surface area (Å²) < 4.78 is 5.15. The molecular weight excluding hydrogens is 252 g/mol. The van der Waals surface area contributed by atoms with E-state index in [1.54, 1.807) is 7.11 Å². The monoisotopic (exact) mass is 282 g/mol. The Morgan fingerprint density at radius 1 is 1.25 bits per heavy atom. The molecule has 3 nitrogen and oxygen atoms in total. The van der Waals surface area contributed by atoms with Crippen molar-refractivity contribution in [3.05, 3.63) is 23.5 Å². The third kappa shape index (κ3) is 6.58. The fourth-order valence-corrected chi connectivity index (χ4v) is 2.55.